The Morgan fingerprint density at radius 1 is 1.78 bits per heavy atom. The van der Waals surface area contributed by atoms with Gasteiger partial charge >= 0.3 is 0 Å². The maximum absolute atomic E-state index is 11.6. The van der Waals surface area contributed by atoms with Crippen molar-refractivity contribution in [3.63, 3.8) is 0 Å². The van der Waals surface area contributed by atoms with Crippen molar-refractivity contribution in [3.8, 4) is 0 Å². The fraction of sp³-hybridized carbons (Fsp3) is 0.833. The quantitative estimate of drug-likeness (QED) is 0.580. The third-order valence-corrected chi connectivity index (χ3v) is 1.58. The van der Waals surface area contributed by atoms with Crippen molar-refractivity contribution < 1.29 is 9.18 Å². The van der Waals surface area contributed by atoms with E-state index >= 15 is 0 Å². The average Bonchev–Trinajstić information content (AvgIpc) is 2.17. The molecule has 0 bridgehead atoms. The largest absolute Gasteiger partial charge is 0.356 e. The Bertz CT molecular complexity index is 116. The molecule has 1 amide bonds. The van der Waals surface area contributed by atoms with Crippen molar-refractivity contribution >= 4 is 5.91 Å². The highest BCUT2D eigenvalue weighted by Gasteiger charge is 2.20. The number of rotatable bonds is 2. The van der Waals surface area contributed by atoms with E-state index in [1.807, 2.05) is 0 Å². The summed E-state index contributed by atoms with van der Waals surface area (Å²) < 4.78 is 11.6. The van der Waals surface area contributed by atoms with E-state index in [0.717, 1.165) is 0 Å². The van der Waals surface area contributed by atoms with Crippen molar-refractivity contribution in [3.05, 3.63) is 0 Å². The minimum Gasteiger partial charge on any atom is -0.356 e. The molecule has 0 aromatic carbocycles. The highest BCUT2D eigenvalue weighted by atomic mass is 19.1. The lowest BCUT2D eigenvalue weighted by molar-refractivity contribution is -0.119. The van der Waals surface area contributed by atoms with E-state index < -0.39 is 0 Å². The summed E-state index contributed by atoms with van der Waals surface area (Å²) in [7, 11) is 0. The molecule has 1 heterocycles. The van der Waals surface area contributed by atoms with Crippen LogP contribution < -0.4 is 5.32 Å². The minimum absolute atomic E-state index is 0.0634. The predicted octanol–water partition coefficient (Wildman–Crippen LogP) is 0.482. The molecule has 0 radical (unpaired) electrons. The van der Waals surface area contributed by atoms with Crippen LogP contribution in [0.2, 0.25) is 0 Å². The van der Waals surface area contributed by atoms with Gasteiger partial charge in [-0.05, 0) is 12.3 Å². The number of hydrogen-bond acceptors (Lipinski definition) is 1. The van der Waals surface area contributed by atoms with Crippen molar-refractivity contribution in [2.24, 2.45) is 5.92 Å². The Kier molecular flexibility index (Phi) is 2.03. The summed E-state index contributed by atoms with van der Waals surface area (Å²) in [5.41, 5.74) is 0. The van der Waals surface area contributed by atoms with Crippen LogP contribution >= 0.6 is 0 Å². The van der Waals surface area contributed by atoms with Gasteiger partial charge in [-0.15, -0.1) is 0 Å². The lowest BCUT2D eigenvalue weighted by Crippen LogP contribution is -2.13. The second kappa shape index (κ2) is 2.80. The lowest BCUT2D eigenvalue weighted by Gasteiger charge is -1.99. The number of alkyl halides is 1. The van der Waals surface area contributed by atoms with Gasteiger partial charge in [-0.25, -0.2) is 0 Å². The second-order valence-electron chi connectivity index (χ2n) is 2.35. The van der Waals surface area contributed by atoms with Crippen molar-refractivity contribution in [1.82, 2.24) is 5.32 Å². The van der Waals surface area contributed by atoms with Gasteiger partial charge in [-0.2, -0.15) is 0 Å². The molecule has 52 valence electrons. The molecule has 0 saturated carbocycles. The number of hydrogen-bond donors (Lipinski definition) is 1. The van der Waals surface area contributed by atoms with E-state index in [0.29, 0.717) is 19.4 Å². The van der Waals surface area contributed by atoms with Crippen LogP contribution in [-0.2, 0) is 4.79 Å². The summed E-state index contributed by atoms with van der Waals surface area (Å²) in [4.78, 5) is 10.5. The summed E-state index contributed by atoms with van der Waals surface area (Å²) >= 11 is 0. The number of carbonyl (C=O) groups is 1. The third kappa shape index (κ3) is 1.66. The van der Waals surface area contributed by atoms with Crippen LogP contribution in [-0.4, -0.2) is 19.1 Å². The molecule has 0 spiro atoms. The lowest BCUT2D eigenvalue weighted by atomic mass is 10.1. The molecule has 1 atom stereocenters. The molecule has 1 rings (SSSR count). The molecule has 0 aromatic heterocycles. The van der Waals surface area contributed by atoms with Crippen molar-refractivity contribution in [2.75, 3.05) is 13.2 Å². The summed E-state index contributed by atoms with van der Waals surface area (Å²) in [6, 6.07) is 0. The Hall–Kier alpha value is -0.600. The summed E-state index contributed by atoms with van der Waals surface area (Å²) in [5, 5.41) is 2.65. The molecule has 1 aliphatic rings. The highest BCUT2D eigenvalue weighted by molar-refractivity contribution is 5.78. The maximum Gasteiger partial charge on any atom is 0.220 e. The second-order valence-corrected chi connectivity index (χ2v) is 2.35. The molecule has 1 saturated heterocycles. The first-order valence-electron chi connectivity index (χ1n) is 3.15. The fourth-order valence-corrected chi connectivity index (χ4v) is 1.02. The van der Waals surface area contributed by atoms with E-state index in [2.05, 4.69) is 5.32 Å². The molecule has 2 nitrogen and oxygen atoms in total. The number of halogens is 1. The molecule has 1 N–H and O–H groups in total. The zero-order valence-electron chi connectivity index (χ0n) is 5.19. The van der Waals surface area contributed by atoms with Gasteiger partial charge < -0.3 is 5.32 Å². The predicted molar refractivity (Wildman–Crippen MR) is 31.7 cm³/mol. The zero-order chi connectivity index (χ0) is 6.69. The number of nitrogens with one attached hydrogen (secondary N) is 1. The van der Waals surface area contributed by atoms with Gasteiger partial charge in [0.05, 0.1) is 6.67 Å². The monoisotopic (exact) mass is 131 g/mol. The first-order chi connectivity index (χ1) is 4.33. The van der Waals surface area contributed by atoms with E-state index in [1.165, 1.54) is 0 Å². The van der Waals surface area contributed by atoms with Crippen LogP contribution in [0.15, 0.2) is 0 Å². The van der Waals surface area contributed by atoms with Gasteiger partial charge in [-0.1, -0.05) is 0 Å². The first kappa shape index (κ1) is 6.52. The molecule has 3 heteroatoms. The van der Waals surface area contributed by atoms with Gasteiger partial charge in [0.15, 0.2) is 0 Å². The SMILES string of the molecule is O=C1CC(CCF)CN1. The maximum atomic E-state index is 11.6. The molecule has 1 fully saturated rings. The number of carbonyl (C=O) groups excluding carboxylic acids is 1. The molecule has 9 heavy (non-hydrogen) atoms. The fourth-order valence-electron chi connectivity index (χ4n) is 1.02. The third-order valence-electron chi connectivity index (χ3n) is 1.58. The van der Waals surface area contributed by atoms with Crippen LogP contribution in [0.5, 0.6) is 0 Å². The summed E-state index contributed by atoms with van der Waals surface area (Å²) in [6.07, 6.45) is 1.04. The molecular weight excluding hydrogens is 121 g/mol. The van der Waals surface area contributed by atoms with Crippen LogP contribution in [0.3, 0.4) is 0 Å². The molecule has 1 aliphatic heterocycles. The van der Waals surface area contributed by atoms with E-state index in [1.54, 1.807) is 0 Å². The molecular formula is C6H10FNO. The van der Waals surface area contributed by atoms with Gasteiger partial charge in [0.1, 0.15) is 0 Å². The highest BCUT2D eigenvalue weighted by Crippen LogP contribution is 2.12. The Labute approximate surface area is 53.4 Å². The normalized spacial score (nSPS) is 26.3. The molecule has 1 unspecified atom stereocenters. The van der Waals surface area contributed by atoms with Crippen LogP contribution in [0.1, 0.15) is 12.8 Å². The minimum atomic E-state index is -0.306. The van der Waals surface area contributed by atoms with Gasteiger partial charge in [0.2, 0.25) is 5.91 Å². The van der Waals surface area contributed by atoms with Gasteiger partial charge in [-0.3, -0.25) is 9.18 Å². The summed E-state index contributed by atoms with van der Waals surface area (Å²) in [6.45, 7) is 0.363. The van der Waals surface area contributed by atoms with Crippen molar-refractivity contribution in [1.29, 1.82) is 0 Å². The first-order valence-corrected chi connectivity index (χ1v) is 3.15. The number of amides is 1. The van der Waals surface area contributed by atoms with E-state index in [-0.39, 0.29) is 18.5 Å². The Morgan fingerprint density at radius 2 is 2.56 bits per heavy atom. The zero-order valence-corrected chi connectivity index (χ0v) is 5.19. The van der Waals surface area contributed by atoms with Gasteiger partial charge in [0, 0.05) is 13.0 Å². The van der Waals surface area contributed by atoms with Crippen LogP contribution in [0, 0.1) is 5.92 Å². The smallest absolute Gasteiger partial charge is 0.220 e. The summed E-state index contributed by atoms with van der Waals surface area (Å²) in [5.74, 6) is 0.316. The Balaban J connectivity index is 2.22. The van der Waals surface area contributed by atoms with E-state index in [4.69, 9.17) is 0 Å². The molecule has 0 aromatic rings. The van der Waals surface area contributed by atoms with Crippen LogP contribution in [0.25, 0.3) is 0 Å². The standard InChI is InChI=1S/C6H10FNO/c7-2-1-5-3-6(9)8-4-5/h5H,1-4H2,(H,8,9). The van der Waals surface area contributed by atoms with E-state index in [9.17, 15) is 9.18 Å². The average molecular weight is 131 g/mol. The van der Waals surface area contributed by atoms with Gasteiger partial charge in [0.25, 0.3) is 0 Å². The van der Waals surface area contributed by atoms with Crippen LogP contribution in [0.4, 0.5) is 4.39 Å². The Morgan fingerprint density at radius 3 is 3.00 bits per heavy atom. The topological polar surface area (TPSA) is 29.1 Å². The molecule has 0 aliphatic carbocycles. The van der Waals surface area contributed by atoms with Crippen molar-refractivity contribution in [2.45, 2.75) is 12.8 Å².